The molecule has 0 saturated carbocycles. The largest absolute Gasteiger partial charge is 0.353 e. The van der Waals surface area contributed by atoms with Gasteiger partial charge >= 0.3 is 0 Å². The Morgan fingerprint density at radius 3 is 2.71 bits per heavy atom. The first-order valence-corrected chi connectivity index (χ1v) is 9.09. The zero-order valence-corrected chi connectivity index (χ0v) is 15.8. The van der Waals surface area contributed by atoms with Gasteiger partial charge in [-0.15, -0.1) is 10.2 Å². The molecule has 0 atom stereocenters. The maximum atomic E-state index is 4.25. The van der Waals surface area contributed by atoms with E-state index in [4.69, 9.17) is 0 Å². The van der Waals surface area contributed by atoms with E-state index in [1.54, 1.807) is 23.1 Å². The summed E-state index contributed by atoms with van der Waals surface area (Å²) in [6.07, 6.45) is 0. The zero-order chi connectivity index (χ0) is 15.4. The lowest BCUT2D eigenvalue weighted by Crippen LogP contribution is -2.22. The molecule has 1 heterocycles. The number of benzene rings is 1. The molecule has 0 amide bonds. The van der Waals surface area contributed by atoms with Crippen LogP contribution in [0, 0.1) is 0 Å². The van der Waals surface area contributed by atoms with E-state index in [1.165, 1.54) is 10.5 Å². The minimum Gasteiger partial charge on any atom is -0.353 e. The summed E-state index contributed by atoms with van der Waals surface area (Å²) < 4.78 is 2.04. The molecule has 0 radical (unpaired) electrons. The Morgan fingerprint density at radius 2 is 2.10 bits per heavy atom. The van der Waals surface area contributed by atoms with Crippen molar-refractivity contribution >= 4 is 44.2 Å². The van der Waals surface area contributed by atoms with Crippen LogP contribution in [0.2, 0.25) is 0 Å². The van der Waals surface area contributed by atoms with Gasteiger partial charge in [-0.2, -0.15) is 0 Å². The topological polar surface area (TPSA) is 41.1 Å². The molecule has 0 fully saturated rings. The van der Waals surface area contributed by atoms with Crippen LogP contribution >= 0.6 is 39.0 Å². The molecule has 0 spiro atoms. The lowest BCUT2D eigenvalue weighted by Gasteiger charge is -2.12. The molecular formula is C14H19BrN4S2. The molecule has 0 unspecified atom stereocenters. The van der Waals surface area contributed by atoms with Crippen molar-refractivity contribution < 1.29 is 0 Å². The van der Waals surface area contributed by atoms with Gasteiger partial charge in [0.15, 0.2) is 4.34 Å². The summed E-state index contributed by atoms with van der Waals surface area (Å²) in [5.41, 5.74) is 1.28. The van der Waals surface area contributed by atoms with Gasteiger partial charge < -0.3 is 10.2 Å². The predicted molar refractivity (Wildman–Crippen MR) is 94.5 cm³/mol. The smallest absolute Gasteiger partial charge is 0.208 e. The van der Waals surface area contributed by atoms with E-state index in [2.05, 4.69) is 63.5 Å². The van der Waals surface area contributed by atoms with Crippen LogP contribution in [0.4, 0.5) is 5.13 Å². The number of hydrogen-bond acceptors (Lipinski definition) is 6. The number of hydrogen-bond donors (Lipinski definition) is 1. The van der Waals surface area contributed by atoms with E-state index < -0.39 is 0 Å². The van der Waals surface area contributed by atoms with Crippen LogP contribution in [0.1, 0.15) is 19.4 Å². The average molecular weight is 387 g/mol. The fourth-order valence-electron chi connectivity index (χ4n) is 1.60. The molecule has 1 aromatic heterocycles. The Hall–Kier alpha value is -0.630. The zero-order valence-electron chi connectivity index (χ0n) is 12.6. The number of nitrogens with one attached hydrogen (secondary N) is 1. The van der Waals surface area contributed by atoms with Crippen molar-refractivity contribution in [2.45, 2.75) is 35.7 Å². The SMILES string of the molecule is CC(C)NCc1ccc(Br)cc1Sc1nnc(N(C)C)s1. The lowest BCUT2D eigenvalue weighted by molar-refractivity contribution is 0.584. The normalized spacial score (nSPS) is 11.1. The van der Waals surface area contributed by atoms with Crippen LogP contribution < -0.4 is 10.2 Å². The second kappa shape index (κ2) is 7.58. The Bertz CT molecular complexity index is 598. The highest BCUT2D eigenvalue weighted by Gasteiger charge is 2.11. The molecule has 2 aromatic rings. The van der Waals surface area contributed by atoms with Crippen LogP contribution in [0.15, 0.2) is 31.9 Å². The van der Waals surface area contributed by atoms with E-state index in [9.17, 15) is 0 Å². The highest BCUT2D eigenvalue weighted by atomic mass is 79.9. The first-order valence-electron chi connectivity index (χ1n) is 6.66. The van der Waals surface area contributed by atoms with Crippen molar-refractivity contribution in [3.8, 4) is 0 Å². The van der Waals surface area contributed by atoms with Crippen molar-refractivity contribution in [3.63, 3.8) is 0 Å². The molecule has 0 aliphatic heterocycles. The van der Waals surface area contributed by atoms with Gasteiger partial charge in [-0.3, -0.25) is 0 Å². The summed E-state index contributed by atoms with van der Waals surface area (Å²) in [7, 11) is 3.96. The molecule has 1 N–H and O–H groups in total. The highest BCUT2D eigenvalue weighted by Crippen LogP contribution is 2.36. The number of halogens is 1. The minimum absolute atomic E-state index is 0.466. The van der Waals surface area contributed by atoms with Gasteiger partial charge in [0.25, 0.3) is 0 Å². The fourth-order valence-corrected chi connectivity index (χ4v) is 4.00. The third kappa shape index (κ3) is 4.95. The monoisotopic (exact) mass is 386 g/mol. The summed E-state index contributed by atoms with van der Waals surface area (Å²) in [5, 5.41) is 12.8. The van der Waals surface area contributed by atoms with E-state index >= 15 is 0 Å². The van der Waals surface area contributed by atoms with Crippen LogP contribution in [0.3, 0.4) is 0 Å². The number of rotatable bonds is 6. The van der Waals surface area contributed by atoms with Crippen molar-refractivity contribution in [1.29, 1.82) is 0 Å². The molecule has 114 valence electrons. The Morgan fingerprint density at radius 1 is 1.33 bits per heavy atom. The van der Waals surface area contributed by atoms with Gasteiger partial charge in [-0.1, -0.05) is 58.9 Å². The number of anilines is 1. The lowest BCUT2D eigenvalue weighted by atomic mass is 10.2. The van der Waals surface area contributed by atoms with Crippen LogP contribution in [-0.2, 0) is 6.54 Å². The van der Waals surface area contributed by atoms with Gasteiger partial charge in [0.1, 0.15) is 0 Å². The van der Waals surface area contributed by atoms with E-state index in [1.807, 2.05) is 19.0 Å². The summed E-state index contributed by atoms with van der Waals surface area (Å²) in [6.45, 7) is 5.16. The van der Waals surface area contributed by atoms with E-state index in [-0.39, 0.29) is 0 Å². The maximum Gasteiger partial charge on any atom is 0.208 e. The summed E-state index contributed by atoms with van der Waals surface area (Å²) >= 11 is 6.82. The van der Waals surface area contributed by atoms with Gasteiger partial charge in [0, 0.05) is 36.1 Å². The predicted octanol–water partition coefficient (Wildman–Crippen LogP) is 4.02. The number of aromatic nitrogens is 2. The number of nitrogens with zero attached hydrogens (tertiary/aromatic N) is 3. The van der Waals surface area contributed by atoms with Crippen LogP contribution in [0.25, 0.3) is 0 Å². The Kier molecular flexibility index (Phi) is 6.04. The van der Waals surface area contributed by atoms with Crippen molar-refractivity contribution in [1.82, 2.24) is 15.5 Å². The first-order chi connectivity index (χ1) is 9.95. The van der Waals surface area contributed by atoms with Crippen LogP contribution in [0.5, 0.6) is 0 Å². The van der Waals surface area contributed by atoms with Gasteiger partial charge in [0.05, 0.1) is 0 Å². The molecule has 0 aliphatic carbocycles. The van der Waals surface area contributed by atoms with Gasteiger partial charge in [-0.05, 0) is 17.7 Å². The molecule has 4 nitrogen and oxygen atoms in total. The van der Waals surface area contributed by atoms with E-state index in [0.29, 0.717) is 6.04 Å². The molecule has 0 aliphatic rings. The Balaban J connectivity index is 2.18. The first kappa shape index (κ1) is 16.7. The van der Waals surface area contributed by atoms with Crippen molar-refractivity contribution in [2.24, 2.45) is 0 Å². The maximum absolute atomic E-state index is 4.25. The molecule has 1 aromatic carbocycles. The third-order valence-electron chi connectivity index (χ3n) is 2.71. The summed E-state index contributed by atoms with van der Waals surface area (Å²) in [4.78, 5) is 3.18. The molecule has 2 rings (SSSR count). The Labute approximate surface area is 142 Å². The molecule has 7 heteroatoms. The van der Waals surface area contributed by atoms with Crippen molar-refractivity contribution in [2.75, 3.05) is 19.0 Å². The van der Waals surface area contributed by atoms with Crippen molar-refractivity contribution in [3.05, 3.63) is 28.2 Å². The summed E-state index contributed by atoms with van der Waals surface area (Å²) in [6, 6.07) is 6.83. The van der Waals surface area contributed by atoms with Gasteiger partial charge in [0.2, 0.25) is 5.13 Å². The standard InChI is InChI=1S/C14H19BrN4S2/c1-9(2)16-8-10-5-6-11(15)7-12(10)20-14-18-17-13(21-14)19(3)4/h5-7,9,16H,8H2,1-4H3. The fraction of sp³-hybridized carbons (Fsp3) is 0.429. The van der Waals surface area contributed by atoms with Crippen LogP contribution in [-0.4, -0.2) is 30.3 Å². The molecule has 0 bridgehead atoms. The average Bonchev–Trinajstić information content (AvgIpc) is 2.86. The summed E-state index contributed by atoms with van der Waals surface area (Å²) in [5.74, 6) is 0. The third-order valence-corrected chi connectivity index (χ3v) is 5.44. The molecular weight excluding hydrogens is 368 g/mol. The minimum atomic E-state index is 0.466. The second-order valence-corrected chi connectivity index (χ2v) is 8.30. The molecule has 0 saturated heterocycles. The quantitative estimate of drug-likeness (QED) is 0.811. The van der Waals surface area contributed by atoms with Gasteiger partial charge in [-0.25, -0.2) is 0 Å². The highest BCUT2D eigenvalue weighted by molar-refractivity contribution is 9.10. The van der Waals surface area contributed by atoms with E-state index in [0.717, 1.165) is 20.5 Å². The second-order valence-electron chi connectivity index (χ2n) is 5.13. The molecule has 21 heavy (non-hydrogen) atoms.